The lowest BCUT2D eigenvalue weighted by atomic mass is 10.00. The van der Waals surface area contributed by atoms with Crippen molar-refractivity contribution in [1.29, 1.82) is 0 Å². The maximum Gasteiger partial charge on any atom is 0.0156 e. The van der Waals surface area contributed by atoms with Crippen LogP contribution in [-0.4, -0.2) is 22.1 Å². The smallest absolute Gasteiger partial charge is 0.0156 e. The van der Waals surface area contributed by atoms with Crippen molar-refractivity contribution in [2.45, 2.75) is 76.6 Å². The van der Waals surface area contributed by atoms with E-state index in [0.29, 0.717) is 16.3 Å². The van der Waals surface area contributed by atoms with Gasteiger partial charge in [0, 0.05) is 22.1 Å². The maximum absolute atomic E-state index is 3.81. The minimum Gasteiger partial charge on any atom is -0.308 e. The van der Waals surface area contributed by atoms with Crippen molar-refractivity contribution in [3.63, 3.8) is 0 Å². The van der Waals surface area contributed by atoms with Gasteiger partial charge in [0.15, 0.2) is 0 Å². The lowest BCUT2D eigenvalue weighted by molar-refractivity contribution is 0.336. The molecule has 2 heteroatoms. The Bertz CT molecular complexity index is 189. The van der Waals surface area contributed by atoms with E-state index in [0.717, 1.165) is 0 Å². The molecule has 90 valence electrons. The molecule has 0 spiro atoms. The van der Waals surface area contributed by atoms with E-state index in [1.54, 1.807) is 0 Å². The van der Waals surface area contributed by atoms with Crippen molar-refractivity contribution >= 4 is 11.8 Å². The molecule has 0 aliphatic heterocycles. The van der Waals surface area contributed by atoms with Crippen LogP contribution in [0.4, 0.5) is 0 Å². The first-order valence-electron chi connectivity index (χ1n) is 6.22. The van der Waals surface area contributed by atoms with E-state index in [1.807, 2.05) is 0 Å². The van der Waals surface area contributed by atoms with Gasteiger partial charge in [0.2, 0.25) is 0 Å². The van der Waals surface area contributed by atoms with Crippen LogP contribution in [0.1, 0.15) is 60.3 Å². The third-order valence-electron chi connectivity index (χ3n) is 3.07. The van der Waals surface area contributed by atoms with Gasteiger partial charge < -0.3 is 5.32 Å². The van der Waals surface area contributed by atoms with Crippen molar-refractivity contribution in [3.05, 3.63) is 0 Å². The highest BCUT2D eigenvalue weighted by molar-refractivity contribution is 8.00. The second-order valence-corrected chi connectivity index (χ2v) is 8.08. The summed E-state index contributed by atoms with van der Waals surface area (Å²) in [6.45, 7) is 11.6. The van der Waals surface area contributed by atoms with E-state index in [9.17, 15) is 0 Å². The van der Waals surface area contributed by atoms with E-state index in [-0.39, 0.29) is 0 Å². The van der Waals surface area contributed by atoms with Gasteiger partial charge in [0.05, 0.1) is 0 Å². The molecule has 1 rings (SSSR count). The van der Waals surface area contributed by atoms with Crippen molar-refractivity contribution in [2.75, 3.05) is 5.75 Å². The number of nitrogens with one attached hydrogen (secondary N) is 1. The van der Waals surface area contributed by atoms with Gasteiger partial charge in [0.25, 0.3) is 0 Å². The zero-order valence-electron chi connectivity index (χ0n) is 11.0. The van der Waals surface area contributed by atoms with E-state index in [2.05, 4.69) is 51.7 Å². The van der Waals surface area contributed by atoms with Crippen molar-refractivity contribution in [1.82, 2.24) is 5.32 Å². The fourth-order valence-corrected chi connectivity index (χ4v) is 3.14. The van der Waals surface area contributed by atoms with Gasteiger partial charge in [-0.2, -0.15) is 11.8 Å². The van der Waals surface area contributed by atoms with Gasteiger partial charge in [-0.05, 0) is 26.7 Å². The first-order valence-corrected chi connectivity index (χ1v) is 7.21. The molecule has 1 aliphatic carbocycles. The van der Waals surface area contributed by atoms with E-state index < -0.39 is 0 Å². The fourth-order valence-electron chi connectivity index (χ4n) is 2.31. The van der Waals surface area contributed by atoms with Crippen LogP contribution in [0.3, 0.4) is 0 Å². The number of thioether (sulfide) groups is 1. The van der Waals surface area contributed by atoms with Crippen LogP contribution >= 0.6 is 11.8 Å². The summed E-state index contributed by atoms with van der Waals surface area (Å²) in [6, 6.07) is 0.636. The molecular weight excluding hydrogens is 202 g/mol. The molecule has 0 saturated heterocycles. The topological polar surface area (TPSA) is 12.0 Å². The SMILES string of the molecule is CC(CSC(C)(C)C)NC1(C)CCCC1. The molecular formula is C13H27NS. The summed E-state index contributed by atoms with van der Waals surface area (Å²) >= 11 is 2.06. The quantitative estimate of drug-likeness (QED) is 0.786. The van der Waals surface area contributed by atoms with E-state index >= 15 is 0 Å². The van der Waals surface area contributed by atoms with E-state index in [1.165, 1.54) is 31.4 Å². The molecule has 1 nitrogen and oxygen atoms in total. The van der Waals surface area contributed by atoms with Crippen molar-refractivity contribution in [2.24, 2.45) is 0 Å². The molecule has 0 radical (unpaired) electrons. The Labute approximate surface area is 99.8 Å². The Kier molecular flexibility index (Phi) is 4.54. The Morgan fingerprint density at radius 3 is 2.27 bits per heavy atom. The normalized spacial score (nSPS) is 23.0. The zero-order chi connectivity index (χ0) is 11.5. The van der Waals surface area contributed by atoms with Crippen LogP contribution in [0.5, 0.6) is 0 Å². The van der Waals surface area contributed by atoms with Gasteiger partial charge in [-0.1, -0.05) is 33.6 Å². The lowest BCUT2D eigenvalue weighted by Gasteiger charge is -2.31. The highest BCUT2D eigenvalue weighted by Gasteiger charge is 2.29. The van der Waals surface area contributed by atoms with Crippen LogP contribution in [0.25, 0.3) is 0 Å². The second-order valence-electron chi connectivity index (χ2n) is 6.24. The average molecular weight is 229 g/mol. The molecule has 15 heavy (non-hydrogen) atoms. The maximum atomic E-state index is 3.81. The fraction of sp³-hybridized carbons (Fsp3) is 1.00. The molecule has 0 bridgehead atoms. The Morgan fingerprint density at radius 1 is 1.27 bits per heavy atom. The van der Waals surface area contributed by atoms with Gasteiger partial charge in [-0.3, -0.25) is 0 Å². The van der Waals surface area contributed by atoms with Gasteiger partial charge in [-0.25, -0.2) is 0 Å². The standard InChI is InChI=1S/C13H27NS/c1-11(10-15-12(2,3)4)14-13(5)8-6-7-9-13/h11,14H,6-10H2,1-5H3. The molecule has 1 N–H and O–H groups in total. The summed E-state index contributed by atoms with van der Waals surface area (Å²) in [5.41, 5.74) is 0.428. The van der Waals surface area contributed by atoms with Gasteiger partial charge in [0.1, 0.15) is 0 Å². The second kappa shape index (κ2) is 5.09. The number of rotatable bonds is 4. The zero-order valence-corrected chi connectivity index (χ0v) is 11.8. The molecule has 1 fully saturated rings. The minimum absolute atomic E-state index is 0.395. The largest absolute Gasteiger partial charge is 0.308 e. The number of hydrogen-bond donors (Lipinski definition) is 1. The molecule has 0 aromatic carbocycles. The predicted molar refractivity (Wildman–Crippen MR) is 71.7 cm³/mol. The molecule has 0 heterocycles. The molecule has 1 aliphatic rings. The van der Waals surface area contributed by atoms with E-state index in [4.69, 9.17) is 0 Å². The number of hydrogen-bond acceptors (Lipinski definition) is 2. The lowest BCUT2D eigenvalue weighted by Crippen LogP contribution is -2.46. The molecule has 1 saturated carbocycles. The molecule has 0 aromatic heterocycles. The van der Waals surface area contributed by atoms with Crippen LogP contribution in [-0.2, 0) is 0 Å². The third-order valence-corrected chi connectivity index (χ3v) is 4.60. The summed E-state index contributed by atoms with van der Waals surface area (Å²) in [6.07, 6.45) is 5.53. The van der Waals surface area contributed by atoms with Gasteiger partial charge in [-0.15, -0.1) is 0 Å². The monoisotopic (exact) mass is 229 g/mol. The predicted octanol–water partition coefficient (Wildman–Crippen LogP) is 3.83. The van der Waals surface area contributed by atoms with Gasteiger partial charge >= 0.3 is 0 Å². The summed E-state index contributed by atoms with van der Waals surface area (Å²) in [7, 11) is 0. The molecule has 0 amide bonds. The Morgan fingerprint density at radius 2 is 1.80 bits per heavy atom. The first-order chi connectivity index (χ1) is 6.81. The van der Waals surface area contributed by atoms with Crippen LogP contribution in [0.15, 0.2) is 0 Å². The van der Waals surface area contributed by atoms with Crippen LogP contribution in [0, 0.1) is 0 Å². The minimum atomic E-state index is 0.395. The first kappa shape index (κ1) is 13.4. The summed E-state index contributed by atoms with van der Waals surface area (Å²) < 4.78 is 0.395. The van der Waals surface area contributed by atoms with Crippen molar-refractivity contribution < 1.29 is 0 Å². The Balaban J connectivity index is 2.26. The third kappa shape index (κ3) is 5.26. The Hall–Kier alpha value is 0.310. The molecule has 0 aromatic rings. The summed E-state index contributed by atoms with van der Waals surface area (Å²) in [5, 5.41) is 3.81. The van der Waals surface area contributed by atoms with Crippen LogP contribution in [0.2, 0.25) is 0 Å². The summed E-state index contributed by atoms with van der Waals surface area (Å²) in [5.74, 6) is 1.22. The summed E-state index contributed by atoms with van der Waals surface area (Å²) in [4.78, 5) is 0. The van der Waals surface area contributed by atoms with Crippen LogP contribution < -0.4 is 5.32 Å². The molecule has 1 unspecified atom stereocenters. The molecule has 1 atom stereocenters. The highest BCUT2D eigenvalue weighted by Crippen LogP contribution is 2.30. The average Bonchev–Trinajstić information content (AvgIpc) is 2.47. The highest BCUT2D eigenvalue weighted by atomic mass is 32.2. The van der Waals surface area contributed by atoms with Crippen molar-refractivity contribution in [3.8, 4) is 0 Å².